The van der Waals surface area contributed by atoms with Crippen LogP contribution in [-0.4, -0.2) is 22.6 Å². The lowest BCUT2D eigenvalue weighted by Gasteiger charge is -2.25. The molecule has 2 heterocycles. The third-order valence-electron chi connectivity index (χ3n) is 5.46. The fourth-order valence-corrected chi connectivity index (χ4v) is 3.52. The number of hydrogen-bond donors (Lipinski definition) is 1. The summed E-state index contributed by atoms with van der Waals surface area (Å²) in [6.07, 6.45) is 1.65. The fraction of sp³-hybridized carbons (Fsp3) is 0.304. The monoisotopic (exact) mass is 391 g/mol. The third kappa shape index (κ3) is 4.03. The van der Waals surface area contributed by atoms with Crippen molar-refractivity contribution in [2.24, 2.45) is 0 Å². The van der Waals surface area contributed by atoms with Crippen molar-refractivity contribution in [3.05, 3.63) is 82.4 Å². The van der Waals surface area contributed by atoms with Crippen LogP contribution in [0.1, 0.15) is 44.5 Å². The van der Waals surface area contributed by atoms with Gasteiger partial charge in [-0.3, -0.25) is 4.79 Å². The number of rotatable bonds is 5. The molecule has 6 heteroatoms. The molecule has 1 N–H and O–H groups in total. The zero-order valence-corrected chi connectivity index (χ0v) is 16.9. The van der Waals surface area contributed by atoms with E-state index in [1.165, 1.54) is 11.1 Å². The molecule has 6 nitrogen and oxygen atoms in total. The molecule has 1 aliphatic rings. The predicted molar refractivity (Wildman–Crippen MR) is 110 cm³/mol. The van der Waals surface area contributed by atoms with E-state index >= 15 is 0 Å². The lowest BCUT2D eigenvalue weighted by Crippen LogP contribution is -2.27. The number of methoxy groups -OCH3 is 1. The maximum Gasteiger partial charge on any atom is 0.272 e. The Morgan fingerprint density at radius 3 is 2.72 bits per heavy atom. The zero-order valence-electron chi connectivity index (χ0n) is 16.9. The molecule has 1 aliphatic heterocycles. The van der Waals surface area contributed by atoms with Crippen LogP contribution in [0.3, 0.4) is 0 Å². The first-order valence-electron chi connectivity index (χ1n) is 9.69. The topological polar surface area (TPSA) is 65.4 Å². The average molecular weight is 391 g/mol. The van der Waals surface area contributed by atoms with Gasteiger partial charge in [-0.15, -0.1) is 0 Å². The maximum atomic E-state index is 12.7. The van der Waals surface area contributed by atoms with Crippen LogP contribution in [0, 0.1) is 13.8 Å². The largest absolute Gasteiger partial charge is 0.497 e. The van der Waals surface area contributed by atoms with Crippen LogP contribution in [0.25, 0.3) is 0 Å². The van der Waals surface area contributed by atoms with Gasteiger partial charge in [-0.25, -0.2) is 4.98 Å². The molecular formula is C23H25N3O3. The number of nitrogens with zero attached hydrogens (tertiary/aromatic N) is 2. The van der Waals surface area contributed by atoms with Crippen LogP contribution in [0.2, 0.25) is 0 Å². The highest BCUT2D eigenvalue weighted by molar-refractivity contribution is 5.93. The molecule has 0 saturated heterocycles. The van der Waals surface area contributed by atoms with Gasteiger partial charge in [-0.2, -0.15) is 0 Å². The number of fused-ring (bicyclic) bond motifs is 1. The molecule has 3 aromatic rings. The summed E-state index contributed by atoms with van der Waals surface area (Å²) in [5, 5.41) is 2.97. The second-order valence-corrected chi connectivity index (χ2v) is 7.37. The molecule has 0 aliphatic carbocycles. The first-order valence-corrected chi connectivity index (χ1v) is 9.69. The highest BCUT2D eigenvalue weighted by atomic mass is 16.5. The SMILES string of the molecule is COc1ccc(C2Cn3cnc(C(=O)NCc4ccc(C)c(C)c4)c3CO2)cc1. The van der Waals surface area contributed by atoms with Gasteiger partial charge >= 0.3 is 0 Å². The van der Waals surface area contributed by atoms with Gasteiger partial charge in [-0.05, 0) is 48.2 Å². The Labute approximate surface area is 170 Å². The summed E-state index contributed by atoms with van der Waals surface area (Å²) < 4.78 is 13.2. The summed E-state index contributed by atoms with van der Waals surface area (Å²) >= 11 is 0. The number of aryl methyl sites for hydroxylation is 2. The number of carbonyl (C=O) groups is 1. The van der Waals surface area contributed by atoms with Crippen molar-refractivity contribution in [3.63, 3.8) is 0 Å². The van der Waals surface area contributed by atoms with E-state index in [0.29, 0.717) is 25.4 Å². The Bertz CT molecular complexity index is 1020. The molecule has 1 aromatic heterocycles. The Hall–Kier alpha value is -3.12. The van der Waals surface area contributed by atoms with E-state index in [0.717, 1.165) is 22.6 Å². The van der Waals surface area contributed by atoms with Crippen LogP contribution in [-0.2, 0) is 24.4 Å². The zero-order chi connectivity index (χ0) is 20.4. The Morgan fingerprint density at radius 1 is 1.21 bits per heavy atom. The molecule has 0 bridgehead atoms. The molecule has 0 spiro atoms. The standard InChI is InChI=1S/C23H25N3O3/c1-15-4-5-17(10-16(15)2)11-24-23(27)22-20-13-29-21(12-26(20)14-25-22)18-6-8-19(28-3)9-7-18/h4-10,14,21H,11-13H2,1-3H3,(H,24,27). The first-order chi connectivity index (χ1) is 14.0. The van der Waals surface area contributed by atoms with Crippen molar-refractivity contribution in [1.82, 2.24) is 14.9 Å². The first kappa shape index (κ1) is 19.2. The van der Waals surface area contributed by atoms with E-state index in [4.69, 9.17) is 9.47 Å². The molecular weight excluding hydrogens is 366 g/mol. The lowest BCUT2D eigenvalue weighted by molar-refractivity contribution is 0.00255. The Kier molecular flexibility index (Phi) is 5.36. The van der Waals surface area contributed by atoms with Gasteiger partial charge in [0.2, 0.25) is 0 Å². The quantitative estimate of drug-likeness (QED) is 0.720. The molecule has 1 atom stereocenters. The molecule has 4 rings (SSSR count). The number of ether oxygens (including phenoxy) is 2. The molecule has 1 unspecified atom stereocenters. The highest BCUT2D eigenvalue weighted by Gasteiger charge is 2.26. The minimum absolute atomic E-state index is 0.0750. The van der Waals surface area contributed by atoms with Crippen molar-refractivity contribution in [2.75, 3.05) is 7.11 Å². The van der Waals surface area contributed by atoms with Crippen molar-refractivity contribution in [3.8, 4) is 5.75 Å². The molecule has 0 fully saturated rings. The van der Waals surface area contributed by atoms with E-state index in [1.54, 1.807) is 13.4 Å². The normalized spacial score (nSPS) is 15.6. The Balaban J connectivity index is 1.43. The van der Waals surface area contributed by atoms with E-state index < -0.39 is 0 Å². The van der Waals surface area contributed by atoms with Crippen molar-refractivity contribution in [1.29, 1.82) is 0 Å². The molecule has 0 radical (unpaired) electrons. The lowest BCUT2D eigenvalue weighted by atomic mass is 10.1. The summed E-state index contributed by atoms with van der Waals surface area (Å²) in [7, 11) is 1.65. The van der Waals surface area contributed by atoms with Crippen molar-refractivity contribution in [2.45, 2.75) is 39.6 Å². The van der Waals surface area contributed by atoms with Gasteiger partial charge in [0.1, 0.15) is 11.9 Å². The van der Waals surface area contributed by atoms with E-state index in [1.807, 2.05) is 34.9 Å². The van der Waals surface area contributed by atoms with Gasteiger partial charge in [0.25, 0.3) is 5.91 Å². The number of carbonyl (C=O) groups excluding carboxylic acids is 1. The molecule has 1 amide bonds. The van der Waals surface area contributed by atoms with Gasteiger partial charge < -0.3 is 19.4 Å². The minimum Gasteiger partial charge on any atom is -0.497 e. The van der Waals surface area contributed by atoms with Crippen molar-refractivity contribution < 1.29 is 14.3 Å². The van der Waals surface area contributed by atoms with Gasteiger partial charge in [-0.1, -0.05) is 30.3 Å². The number of benzene rings is 2. The fourth-order valence-electron chi connectivity index (χ4n) is 3.52. The number of imidazole rings is 1. The van der Waals surface area contributed by atoms with E-state index in [2.05, 4.69) is 36.3 Å². The molecule has 2 aromatic carbocycles. The van der Waals surface area contributed by atoms with Crippen LogP contribution in [0.15, 0.2) is 48.8 Å². The van der Waals surface area contributed by atoms with Gasteiger partial charge in [0, 0.05) is 6.54 Å². The number of nitrogens with one attached hydrogen (secondary N) is 1. The number of hydrogen-bond acceptors (Lipinski definition) is 4. The van der Waals surface area contributed by atoms with Crippen molar-refractivity contribution >= 4 is 5.91 Å². The maximum absolute atomic E-state index is 12.7. The highest BCUT2D eigenvalue weighted by Crippen LogP contribution is 2.28. The predicted octanol–water partition coefficient (Wildman–Crippen LogP) is 3.71. The second-order valence-electron chi connectivity index (χ2n) is 7.37. The van der Waals surface area contributed by atoms with Crippen LogP contribution in [0.5, 0.6) is 5.75 Å². The third-order valence-corrected chi connectivity index (χ3v) is 5.46. The van der Waals surface area contributed by atoms with E-state index in [-0.39, 0.29) is 12.0 Å². The molecule has 29 heavy (non-hydrogen) atoms. The minimum atomic E-state index is -0.177. The van der Waals surface area contributed by atoms with Gasteiger partial charge in [0.15, 0.2) is 5.69 Å². The summed E-state index contributed by atoms with van der Waals surface area (Å²) in [6, 6.07) is 14.1. The van der Waals surface area contributed by atoms with E-state index in [9.17, 15) is 4.79 Å². The van der Waals surface area contributed by atoms with Gasteiger partial charge in [0.05, 0.1) is 32.3 Å². The average Bonchev–Trinajstić information content (AvgIpc) is 3.18. The smallest absolute Gasteiger partial charge is 0.272 e. The van der Waals surface area contributed by atoms with Crippen LogP contribution in [0.4, 0.5) is 0 Å². The summed E-state index contributed by atoms with van der Waals surface area (Å²) in [4.78, 5) is 17.0. The summed E-state index contributed by atoms with van der Waals surface area (Å²) in [5.74, 6) is 0.638. The second kappa shape index (κ2) is 8.09. The number of aromatic nitrogens is 2. The summed E-state index contributed by atoms with van der Waals surface area (Å²) in [5.41, 5.74) is 5.85. The van der Waals surface area contributed by atoms with Crippen LogP contribution >= 0.6 is 0 Å². The molecule has 0 saturated carbocycles. The summed E-state index contributed by atoms with van der Waals surface area (Å²) in [6.45, 7) is 5.60. The van der Waals surface area contributed by atoms with Crippen LogP contribution < -0.4 is 10.1 Å². The Morgan fingerprint density at radius 2 is 2.00 bits per heavy atom. The molecule has 150 valence electrons. The number of amides is 1.